The number of alkyl halides is 3. The summed E-state index contributed by atoms with van der Waals surface area (Å²) in [5.74, 6) is -2.97. The fourth-order valence-corrected chi connectivity index (χ4v) is 10.4. The van der Waals surface area contributed by atoms with Crippen molar-refractivity contribution in [3.8, 4) is 11.1 Å². The molecule has 77 heavy (non-hydrogen) atoms. The number of nitrogens with zero attached hydrogens (tertiary/aromatic N) is 4. The van der Waals surface area contributed by atoms with Crippen LogP contribution in [0.15, 0.2) is 9.95 Å². The summed E-state index contributed by atoms with van der Waals surface area (Å²) in [4.78, 5) is 34.6. The SMILES string of the molecule is [B]c1c([B])c(C([B])([B])Sc2nc(=O)c3c(n2CC(=O)N(C([B])([B])c2c([B])c([B])c(-c4c([B])c([B])c(C(F)(F)F)c([B])c4[B])c([B])c2[B])C([B])([B])C([B])([B])N(C([B])([B])C)C([B])([B])C)C([B])([B])C([B])([B])C3([B])[B])c([B])c([B])c1F. The zero-order chi connectivity index (χ0) is 60.1. The molecule has 1 amide bonds. The molecule has 0 saturated carbocycles. The lowest BCUT2D eigenvalue weighted by Gasteiger charge is -2.68. The number of aromatic nitrogens is 2. The van der Waals surface area contributed by atoms with Crippen molar-refractivity contribution in [3.05, 3.63) is 44.1 Å². The first-order valence-electron chi connectivity index (χ1n) is 21.4. The van der Waals surface area contributed by atoms with Crippen molar-refractivity contribution in [1.82, 2.24) is 19.4 Å². The molecule has 1 aromatic heterocycles. The van der Waals surface area contributed by atoms with Crippen LogP contribution in [0.2, 0.25) is 5.21 Å². The van der Waals surface area contributed by atoms with Crippen LogP contribution >= 0.6 is 11.8 Å². The van der Waals surface area contributed by atoms with Gasteiger partial charge in [-0.15, -0.1) is 5.21 Å². The molecule has 5 rings (SSSR count). The van der Waals surface area contributed by atoms with Crippen LogP contribution in [0, 0.1) is 5.82 Å². The van der Waals surface area contributed by atoms with Crippen LogP contribution in [0.5, 0.6) is 0 Å². The van der Waals surface area contributed by atoms with E-state index in [0.29, 0.717) is 9.47 Å². The first kappa shape index (κ1) is 65.8. The number of thioether (sulfide) groups is 1. The van der Waals surface area contributed by atoms with Crippen molar-refractivity contribution in [3.63, 3.8) is 0 Å². The Hall–Kier alpha value is -2.01. The average molecular weight is 961 g/mol. The lowest BCUT2D eigenvalue weighted by atomic mass is 9.20. The zero-order valence-electron chi connectivity index (χ0n) is 41.1. The average Bonchev–Trinajstić information content (AvgIpc) is 3.34. The third kappa shape index (κ3) is 10.2. The molecule has 1 heterocycles. The van der Waals surface area contributed by atoms with Gasteiger partial charge in [0, 0.05) is 16.8 Å². The second-order valence-corrected chi connectivity index (χ2v) is 20.4. The van der Waals surface area contributed by atoms with Crippen LogP contribution in [0.1, 0.15) is 41.8 Å². The minimum Gasteiger partial charge on any atom is -0.360 e. The van der Waals surface area contributed by atoms with E-state index < -0.39 is 187 Å². The molecule has 4 aromatic rings. The van der Waals surface area contributed by atoms with Gasteiger partial charge in [-0.2, -0.15) is 18.2 Å². The van der Waals surface area contributed by atoms with Gasteiger partial charge in [-0.25, -0.2) is 4.39 Å². The van der Waals surface area contributed by atoms with Crippen molar-refractivity contribution in [2.45, 2.75) is 78.6 Å². The maximum absolute atomic E-state index is 15.9. The lowest BCUT2D eigenvalue weighted by Crippen LogP contribution is -2.83. The summed E-state index contributed by atoms with van der Waals surface area (Å²) in [6, 6.07) is 0. The summed E-state index contributed by atoms with van der Waals surface area (Å²) in [5, 5.41) is -24.2. The van der Waals surface area contributed by atoms with Gasteiger partial charge in [-0.3, -0.25) is 9.59 Å². The molecule has 3 aromatic carbocycles. The number of fused-ring (bicyclic) bond motifs is 1. The largest absolute Gasteiger partial charge is 0.415 e. The van der Waals surface area contributed by atoms with Crippen LogP contribution in [0.4, 0.5) is 17.6 Å². The summed E-state index contributed by atoms with van der Waals surface area (Å²) in [5.41, 5.74) is -17.7. The fourth-order valence-electron chi connectivity index (χ4n) is 9.37. The van der Waals surface area contributed by atoms with Gasteiger partial charge in [0.25, 0.3) is 5.56 Å². The van der Waals surface area contributed by atoms with E-state index in [0.717, 1.165) is 13.8 Å². The van der Waals surface area contributed by atoms with Gasteiger partial charge in [-0.05, 0) is 31.7 Å². The van der Waals surface area contributed by atoms with Gasteiger partial charge in [0.15, 0.2) is 5.16 Å². The van der Waals surface area contributed by atoms with Gasteiger partial charge in [0.1, 0.15) is 107 Å². The number of benzene rings is 3. The molecule has 60 radical (unpaired) electrons. The summed E-state index contributed by atoms with van der Waals surface area (Å²) in [7, 11) is 193. The predicted molar refractivity (Wildman–Crippen MR) is 326 cm³/mol. The molecule has 1 aliphatic carbocycles. The number of amides is 1. The third-order valence-corrected chi connectivity index (χ3v) is 14.1. The molecule has 1 aliphatic rings. The quantitative estimate of drug-likeness (QED) is 0.0578. The molecule has 0 saturated heterocycles. The highest BCUT2D eigenvalue weighted by Crippen LogP contribution is 2.57. The number of hydrogen-bond donors (Lipinski definition) is 0. The van der Waals surface area contributed by atoms with E-state index in [2.05, 4.69) is 4.98 Å². The Morgan fingerprint density at radius 1 is 0.558 bits per heavy atom. The zero-order valence-corrected chi connectivity index (χ0v) is 41.9. The van der Waals surface area contributed by atoms with E-state index in [1.807, 2.05) is 0 Å². The van der Waals surface area contributed by atoms with E-state index in [9.17, 15) is 22.4 Å². The van der Waals surface area contributed by atoms with Gasteiger partial charge in [0.05, 0.1) is 141 Å². The molecule has 0 spiro atoms. The summed E-state index contributed by atoms with van der Waals surface area (Å²) < 4.78 is 55.4. The van der Waals surface area contributed by atoms with Crippen LogP contribution in [-0.4, -0.2) is 282 Å². The summed E-state index contributed by atoms with van der Waals surface area (Å²) in [6.07, 6.45) is -5.20. The summed E-state index contributed by atoms with van der Waals surface area (Å²) >= 11 is 0.102. The van der Waals surface area contributed by atoms with Crippen molar-refractivity contribution < 1.29 is 22.4 Å². The van der Waals surface area contributed by atoms with E-state index in [4.69, 9.17) is 235 Å². The second-order valence-electron chi connectivity index (χ2n) is 19.2. The number of hydrogen-bond acceptors (Lipinski definition) is 5. The molecule has 0 bridgehead atoms. The number of halogens is 4. The van der Waals surface area contributed by atoms with Crippen LogP contribution in [0.3, 0.4) is 0 Å². The molecular weight excluding hydrogens is 953 g/mol. The Balaban J connectivity index is 1.96. The Labute approximate surface area is 491 Å². The van der Waals surface area contributed by atoms with Gasteiger partial charge >= 0.3 is 6.18 Å². The minimum absolute atomic E-state index is 0.0519. The molecule has 0 fully saturated rings. The molecular formula is C36H8B30F4N4O2S. The molecule has 0 aliphatic heterocycles. The predicted octanol–water partition coefficient (Wildman–Crippen LogP) is -16.4. The number of carbonyl (C=O) groups is 1. The standard InChI is InChI=1S/C36H8B30F4N4O2S/c1-27(49,50)74(28(2,51)52)36(65,66)35(63,64)73(31(57,58)7-15(41)11(37)5(12(38)16(7)42)6-13(39)19(45)9(33(68,69)70)20(46)14(6)40)4(75)3-72-24-10(29(53,54)34(61,62)30(24,55)56)25(76)71-26(72)77-32(59,60)8-17(43)21(47)23(67)22(48)18(8)44/h3H2,1-2H3. The summed E-state index contributed by atoms with van der Waals surface area (Å²) in [6.45, 7) is 0.573. The molecule has 41 heteroatoms. The number of rotatable bonds is 13. The van der Waals surface area contributed by atoms with Gasteiger partial charge in [-0.1, -0.05) is 123 Å². The maximum Gasteiger partial charge on any atom is 0.415 e. The highest BCUT2D eigenvalue weighted by molar-refractivity contribution is 8.02. The van der Waals surface area contributed by atoms with Crippen molar-refractivity contribution in [1.29, 1.82) is 0 Å². The Kier molecular flexibility index (Phi) is 17.4. The number of carbonyl (C=O) groups excluding carboxylic acids is 1. The highest BCUT2D eigenvalue weighted by atomic mass is 32.2. The van der Waals surface area contributed by atoms with E-state index in [-0.39, 0.29) is 16.7 Å². The van der Waals surface area contributed by atoms with E-state index >= 15 is 4.79 Å². The van der Waals surface area contributed by atoms with Crippen LogP contribution < -0.4 is 71.1 Å². The monoisotopic (exact) mass is 966 g/mol. The molecule has 308 valence electrons. The minimum atomic E-state index is -5.20. The third-order valence-electron chi connectivity index (χ3n) is 13.1. The first-order chi connectivity index (χ1) is 34.2. The Morgan fingerprint density at radius 2 is 0.922 bits per heavy atom. The Morgan fingerprint density at radius 3 is 1.29 bits per heavy atom. The molecule has 0 unspecified atom stereocenters. The Bertz CT molecular complexity index is 3110. The van der Waals surface area contributed by atoms with Gasteiger partial charge in [0.2, 0.25) is 5.91 Å². The second kappa shape index (κ2) is 20.4. The fraction of sp³-hybridized carbons (Fsp3) is 0.361. The van der Waals surface area contributed by atoms with E-state index in [1.54, 1.807) is 0 Å². The molecule has 0 atom stereocenters. The van der Waals surface area contributed by atoms with Crippen molar-refractivity contribution in [2.24, 2.45) is 0 Å². The smallest absolute Gasteiger partial charge is 0.360 e. The normalized spacial score (nSPS) is 15.8. The maximum atomic E-state index is 15.9. The van der Waals surface area contributed by atoms with Crippen LogP contribution in [-0.2, 0) is 37.8 Å². The topological polar surface area (TPSA) is 58.4 Å². The van der Waals surface area contributed by atoms with Crippen molar-refractivity contribution >= 4 is 319 Å². The van der Waals surface area contributed by atoms with Crippen molar-refractivity contribution in [2.75, 3.05) is 0 Å². The molecule has 0 N–H and O–H groups in total. The van der Waals surface area contributed by atoms with E-state index in [1.165, 1.54) is 0 Å². The molecule has 6 nitrogen and oxygen atoms in total. The lowest BCUT2D eigenvalue weighted by molar-refractivity contribution is -0.138. The van der Waals surface area contributed by atoms with Gasteiger partial charge < -0.3 is 14.4 Å². The van der Waals surface area contributed by atoms with Crippen LogP contribution in [0.25, 0.3) is 11.1 Å². The first-order valence-corrected chi connectivity index (χ1v) is 22.2. The highest BCUT2D eigenvalue weighted by Gasteiger charge is 2.58.